The van der Waals surface area contributed by atoms with Crippen LogP contribution in [0.2, 0.25) is 10.0 Å². The second-order valence-corrected chi connectivity index (χ2v) is 4.84. The summed E-state index contributed by atoms with van der Waals surface area (Å²) < 4.78 is 13.2. The summed E-state index contributed by atoms with van der Waals surface area (Å²) in [6, 6.07) is 2.81. The number of rotatable bonds is 2. The van der Waals surface area contributed by atoms with E-state index < -0.39 is 17.7 Å². The molecule has 92 valence electrons. The van der Waals surface area contributed by atoms with E-state index in [1.807, 2.05) is 0 Å². The zero-order chi connectivity index (χ0) is 12.6. The number of halogens is 3. The molecular weight excluding hydrogens is 268 g/mol. The third-order valence-electron chi connectivity index (χ3n) is 2.89. The van der Waals surface area contributed by atoms with E-state index in [-0.39, 0.29) is 16.1 Å². The van der Waals surface area contributed by atoms with Gasteiger partial charge in [0.05, 0.1) is 16.0 Å². The lowest BCUT2D eigenvalue weighted by molar-refractivity contribution is -0.141. The first-order chi connectivity index (χ1) is 7.99. The van der Waals surface area contributed by atoms with Crippen LogP contribution in [-0.4, -0.2) is 17.6 Å². The fraction of sp³-hybridized carbons (Fsp3) is 0.364. The van der Waals surface area contributed by atoms with Gasteiger partial charge >= 0.3 is 5.97 Å². The topological polar surface area (TPSA) is 49.3 Å². The third-order valence-corrected chi connectivity index (χ3v) is 3.44. The highest BCUT2D eigenvalue weighted by molar-refractivity contribution is 6.35. The van der Waals surface area contributed by atoms with Crippen molar-refractivity contribution in [1.82, 2.24) is 5.32 Å². The van der Waals surface area contributed by atoms with Crippen LogP contribution in [0.3, 0.4) is 0 Å². The van der Waals surface area contributed by atoms with Gasteiger partial charge in [0.25, 0.3) is 0 Å². The Morgan fingerprint density at radius 1 is 1.41 bits per heavy atom. The Bertz CT molecular complexity index is 444. The van der Waals surface area contributed by atoms with Gasteiger partial charge in [0.1, 0.15) is 0 Å². The van der Waals surface area contributed by atoms with Crippen LogP contribution in [0.15, 0.2) is 12.1 Å². The Hall–Kier alpha value is -0.840. The van der Waals surface area contributed by atoms with Gasteiger partial charge in [-0.2, -0.15) is 0 Å². The van der Waals surface area contributed by atoms with Crippen molar-refractivity contribution in [2.75, 3.05) is 6.54 Å². The summed E-state index contributed by atoms with van der Waals surface area (Å²) in [6.45, 7) is 0.395. The van der Waals surface area contributed by atoms with Crippen LogP contribution in [0.4, 0.5) is 4.39 Å². The van der Waals surface area contributed by atoms with Gasteiger partial charge in [-0.15, -0.1) is 0 Å². The molecule has 0 saturated carbocycles. The number of hydrogen-bond donors (Lipinski definition) is 2. The maximum Gasteiger partial charge on any atom is 0.307 e. The summed E-state index contributed by atoms with van der Waals surface area (Å²) in [7, 11) is 0. The van der Waals surface area contributed by atoms with Gasteiger partial charge in [-0.1, -0.05) is 23.2 Å². The second-order valence-electron chi connectivity index (χ2n) is 4.03. The minimum absolute atomic E-state index is 0.0481. The average Bonchev–Trinajstić information content (AvgIpc) is 2.74. The predicted molar refractivity (Wildman–Crippen MR) is 62.9 cm³/mol. The molecule has 3 nitrogen and oxygen atoms in total. The van der Waals surface area contributed by atoms with E-state index in [1.165, 1.54) is 12.1 Å². The first-order valence-electron chi connectivity index (χ1n) is 5.09. The average molecular weight is 278 g/mol. The monoisotopic (exact) mass is 277 g/mol. The lowest BCUT2D eigenvalue weighted by atomic mass is 10.0. The molecule has 6 heteroatoms. The van der Waals surface area contributed by atoms with Gasteiger partial charge in [0, 0.05) is 12.6 Å². The fourth-order valence-electron chi connectivity index (χ4n) is 1.95. The molecule has 0 bridgehead atoms. The van der Waals surface area contributed by atoms with E-state index in [1.54, 1.807) is 0 Å². The molecule has 2 N–H and O–H groups in total. The molecule has 1 fully saturated rings. The summed E-state index contributed by atoms with van der Waals surface area (Å²) in [5, 5.41) is 11.8. The first-order valence-corrected chi connectivity index (χ1v) is 5.85. The van der Waals surface area contributed by atoms with Crippen molar-refractivity contribution in [1.29, 1.82) is 0 Å². The standard InChI is InChI=1S/C11H10Cl2FNO2/c12-7-1-5(2-8(13)10(7)14)9-3-6(4-15-9)11(16)17/h1-2,6,9,15H,3-4H2,(H,16,17). The Morgan fingerprint density at radius 2 is 2.00 bits per heavy atom. The minimum Gasteiger partial charge on any atom is -0.481 e. The highest BCUT2D eigenvalue weighted by Crippen LogP contribution is 2.32. The number of carboxylic acid groups (broad SMARTS) is 1. The Labute approximate surface area is 108 Å². The van der Waals surface area contributed by atoms with E-state index in [0.29, 0.717) is 18.5 Å². The van der Waals surface area contributed by atoms with E-state index >= 15 is 0 Å². The van der Waals surface area contributed by atoms with Gasteiger partial charge < -0.3 is 10.4 Å². The highest BCUT2D eigenvalue weighted by Gasteiger charge is 2.30. The molecule has 0 amide bonds. The number of hydrogen-bond acceptors (Lipinski definition) is 2. The number of nitrogens with one attached hydrogen (secondary N) is 1. The van der Waals surface area contributed by atoms with E-state index in [9.17, 15) is 9.18 Å². The molecule has 0 aromatic heterocycles. The highest BCUT2D eigenvalue weighted by atomic mass is 35.5. The van der Waals surface area contributed by atoms with Crippen molar-refractivity contribution in [2.45, 2.75) is 12.5 Å². The number of carbonyl (C=O) groups is 1. The molecule has 1 aliphatic heterocycles. The molecule has 17 heavy (non-hydrogen) atoms. The molecule has 1 saturated heterocycles. The molecule has 0 radical (unpaired) electrons. The van der Waals surface area contributed by atoms with Crippen molar-refractivity contribution in [2.24, 2.45) is 5.92 Å². The molecule has 1 aliphatic rings. The number of benzene rings is 1. The van der Waals surface area contributed by atoms with Crippen LogP contribution in [-0.2, 0) is 4.79 Å². The lowest BCUT2D eigenvalue weighted by Gasteiger charge is -2.12. The summed E-state index contributed by atoms with van der Waals surface area (Å²) in [5.74, 6) is -1.91. The smallest absolute Gasteiger partial charge is 0.307 e. The normalized spacial score (nSPS) is 23.9. The quantitative estimate of drug-likeness (QED) is 0.818. The Kier molecular flexibility index (Phi) is 3.56. The van der Waals surface area contributed by atoms with Crippen LogP contribution in [0.5, 0.6) is 0 Å². The van der Waals surface area contributed by atoms with Crippen molar-refractivity contribution >= 4 is 29.2 Å². The Balaban J connectivity index is 2.22. The molecule has 2 rings (SSSR count). The van der Waals surface area contributed by atoms with Crippen molar-refractivity contribution in [3.05, 3.63) is 33.6 Å². The molecule has 2 unspecified atom stereocenters. The molecule has 2 atom stereocenters. The lowest BCUT2D eigenvalue weighted by Crippen LogP contribution is -2.17. The molecule has 1 aromatic carbocycles. The Morgan fingerprint density at radius 3 is 2.47 bits per heavy atom. The van der Waals surface area contributed by atoms with Crippen LogP contribution < -0.4 is 5.32 Å². The van der Waals surface area contributed by atoms with Gasteiger partial charge in [-0.05, 0) is 24.1 Å². The van der Waals surface area contributed by atoms with Gasteiger partial charge in [0.2, 0.25) is 0 Å². The number of aliphatic carboxylic acids is 1. The second kappa shape index (κ2) is 4.80. The maximum atomic E-state index is 13.2. The van der Waals surface area contributed by atoms with Crippen LogP contribution >= 0.6 is 23.2 Å². The van der Waals surface area contributed by atoms with E-state index in [2.05, 4.69) is 5.32 Å². The first kappa shape index (κ1) is 12.6. The molecule has 0 aliphatic carbocycles. The predicted octanol–water partition coefficient (Wildman–Crippen LogP) is 2.87. The van der Waals surface area contributed by atoms with Gasteiger partial charge in [0.15, 0.2) is 5.82 Å². The summed E-state index contributed by atoms with van der Waals surface area (Å²) >= 11 is 11.4. The molecule has 0 spiro atoms. The SMILES string of the molecule is O=C(O)C1CNC(c2cc(Cl)c(F)c(Cl)c2)C1. The zero-order valence-electron chi connectivity index (χ0n) is 8.71. The summed E-state index contributed by atoms with van der Waals surface area (Å²) in [4.78, 5) is 10.8. The third kappa shape index (κ3) is 2.54. The van der Waals surface area contributed by atoms with Gasteiger partial charge in [-0.3, -0.25) is 4.79 Å². The molecular formula is C11H10Cl2FNO2. The molecule has 1 aromatic rings. The largest absolute Gasteiger partial charge is 0.481 e. The van der Waals surface area contributed by atoms with Crippen LogP contribution in [0.1, 0.15) is 18.0 Å². The van der Waals surface area contributed by atoms with Crippen LogP contribution in [0, 0.1) is 11.7 Å². The fourth-order valence-corrected chi connectivity index (χ4v) is 2.46. The van der Waals surface area contributed by atoms with Crippen molar-refractivity contribution in [3.8, 4) is 0 Å². The summed E-state index contributed by atoms with van der Waals surface area (Å²) in [5.41, 5.74) is 0.713. The van der Waals surface area contributed by atoms with Crippen molar-refractivity contribution in [3.63, 3.8) is 0 Å². The van der Waals surface area contributed by atoms with E-state index in [4.69, 9.17) is 28.3 Å². The minimum atomic E-state index is -0.834. The van der Waals surface area contributed by atoms with E-state index in [0.717, 1.165) is 0 Å². The number of carboxylic acids is 1. The zero-order valence-corrected chi connectivity index (χ0v) is 10.2. The van der Waals surface area contributed by atoms with Crippen molar-refractivity contribution < 1.29 is 14.3 Å². The van der Waals surface area contributed by atoms with Gasteiger partial charge in [-0.25, -0.2) is 4.39 Å². The molecule has 1 heterocycles. The van der Waals surface area contributed by atoms with Crippen LogP contribution in [0.25, 0.3) is 0 Å². The maximum absolute atomic E-state index is 13.2. The summed E-state index contributed by atoms with van der Waals surface area (Å²) in [6.07, 6.45) is 0.452.